The van der Waals surface area contributed by atoms with Crippen molar-refractivity contribution >= 4 is 17.5 Å². The van der Waals surface area contributed by atoms with Crippen molar-refractivity contribution in [2.24, 2.45) is 5.92 Å². The quantitative estimate of drug-likeness (QED) is 0.278. The lowest BCUT2D eigenvalue weighted by Gasteiger charge is -2.34. The van der Waals surface area contributed by atoms with Crippen LogP contribution < -0.4 is 14.8 Å². The molecule has 3 atom stereocenters. The molecular formula is C36H48N4O5. The molecule has 242 valence electrons. The smallest absolute Gasteiger partial charge is 0.227 e. The number of nitrogens with zero attached hydrogens (tertiary/aromatic N) is 3. The molecule has 0 fully saturated rings. The van der Waals surface area contributed by atoms with Crippen LogP contribution in [0.5, 0.6) is 17.2 Å². The summed E-state index contributed by atoms with van der Waals surface area (Å²) in [5.74, 6) is 2.08. The SMILES string of the molecule is C[C@@H]1CN([C@@H](C)CO)C(=O)Cc2cc(NC(=O)CCCN(C)C)ccc2O[C@H]1CN(C)Cc1ccc(Oc2ccccc2)cc1. The third-order valence-corrected chi connectivity index (χ3v) is 8.06. The fourth-order valence-electron chi connectivity index (χ4n) is 5.48. The van der Waals surface area contributed by atoms with Gasteiger partial charge in [-0.15, -0.1) is 0 Å². The number of aliphatic hydroxyl groups is 1. The number of anilines is 1. The molecule has 2 N–H and O–H groups in total. The molecule has 1 aliphatic heterocycles. The summed E-state index contributed by atoms with van der Waals surface area (Å²) in [7, 11) is 6.03. The molecule has 1 aliphatic rings. The molecular weight excluding hydrogens is 568 g/mol. The molecule has 0 saturated carbocycles. The first-order chi connectivity index (χ1) is 21.6. The second kappa shape index (κ2) is 16.4. The van der Waals surface area contributed by atoms with E-state index < -0.39 is 0 Å². The van der Waals surface area contributed by atoms with Gasteiger partial charge in [-0.25, -0.2) is 0 Å². The first kappa shape index (κ1) is 34.0. The van der Waals surface area contributed by atoms with Crippen LogP contribution in [0.25, 0.3) is 0 Å². The lowest BCUT2D eigenvalue weighted by atomic mass is 10.0. The maximum atomic E-state index is 13.5. The summed E-state index contributed by atoms with van der Waals surface area (Å²) >= 11 is 0. The van der Waals surface area contributed by atoms with Crippen LogP contribution in [0.3, 0.4) is 0 Å². The van der Waals surface area contributed by atoms with Crippen LogP contribution in [-0.2, 0) is 22.6 Å². The van der Waals surface area contributed by atoms with E-state index in [1.165, 1.54) is 0 Å². The van der Waals surface area contributed by atoms with E-state index in [1.807, 2.05) is 81.7 Å². The number of ether oxygens (including phenoxy) is 2. The van der Waals surface area contributed by atoms with E-state index in [0.29, 0.717) is 37.5 Å². The normalized spacial score (nSPS) is 17.6. The molecule has 4 rings (SSSR count). The van der Waals surface area contributed by atoms with Crippen molar-refractivity contribution < 1.29 is 24.2 Å². The second-order valence-corrected chi connectivity index (χ2v) is 12.4. The number of rotatable bonds is 13. The van der Waals surface area contributed by atoms with E-state index in [9.17, 15) is 14.7 Å². The highest BCUT2D eigenvalue weighted by Gasteiger charge is 2.31. The lowest BCUT2D eigenvalue weighted by molar-refractivity contribution is -0.134. The van der Waals surface area contributed by atoms with Crippen LogP contribution in [0.4, 0.5) is 5.69 Å². The van der Waals surface area contributed by atoms with Gasteiger partial charge in [0.05, 0.1) is 19.1 Å². The Kier molecular flexibility index (Phi) is 12.4. The van der Waals surface area contributed by atoms with Crippen molar-refractivity contribution in [1.82, 2.24) is 14.7 Å². The number of nitrogens with one attached hydrogen (secondary N) is 1. The predicted molar refractivity (Wildman–Crippen MR) is 178 cm³/mol. The van der Waals surface area contributed by atoms with Gasteiger partial charge in [-0.2, -0.15) is 0 Å². The predicted octanol–water partition coefficient (Wildman–Crippen LogP) is 5.04. The molecule has 0 radical (unpaired) electrons. The van der Waals surface area contributed by atoms with Crippen LogP contribution in [0.2, 0.25) is 0 Å². The number of amides is 2. The Labute approximate surface area is 267 Å². The molecule has 9 heteroatoms. The third kappa shape index (κ3) is 10.3. The summed E-state index contributed by atoms with van der Waals surface area (Å²) in [5.41, 5.74) is 2.50. The minimum Gasteiger partial charge on any atom is -0.488 e. The number of hydrogen-bond acceptors (Lipinski definition) is 7. The Bertz CT molecular complexity index is 1380. The van der Waals surface area contributed by atoms with Crippen LogP contribution in [0, 0.1) is 5.92 Å². The number of likely N-dealkylation sites (N-methyl/N-ethyl adjacent to an activating group) is 1. The number of hydrogen-bond donors (Lipinski definition) is 2. The van der Waals surface area contributed by atoms with E-state index in [1.54, 1.807) is 4.90 Å². The fourth-order valence-corrected chi connectivity index (χ4v) is 5.48. The zero-order chi connectivity index (χ0) is 32.3. The zero-order valence-electron chi connectivity index (χ0n) is 27.2. The summed E-state index contributed by atoms with van der Waals surface area (Å²) in [5, 5.41) is 12.9. The monoisotopic (exact) mass is 616 g/mol. The molecule has 0 spiro atoms. The first-order valence-electron chi connectivity index (χ1n) is 15.8. The van der Waals surface area contributed by atoms with E-state index in [0.717, 1.165) is 35.6 Å². The molecule has 3 aromatic carbocycles. The molecule has 1 heterocycles. The summed E-state index contributed by atoms with van der Waals surface area (Å²) in [6.07, 6.45) is 1.08. The van der Waals surface area contributed by atoms with E-state index in [2.05, 4.69) is 41.2 Å². The van der Waals surface area contributed by atoms with Gasteiger partial charge in [0.15, 0.2) is 0 Å². The van der Waals surface area contributed by atoms with Crippen LogP contribution >= 0.6 is 0 Å². The Balaban J connectivity index is 1.48. The van der Waals surface area contributed by atoms with Crippen LogP contribution in [0.1, 0.15) is 37.8 Å². The molecule has 0 unspecified atom stereocenters. The van der Waals surface area contributed by atoms with Gasteiger partial charge in [-0.3, -0.25) is 14.5 Å². The maximum Gasteiger partial charge on any atom is 0.227 e. The number of carbonyl (C=O) groups is 2. The zero-order valence-corrected chi connectivity index (χ0v) is 27.2. The third-order valence-electron chi connectivity index (χ3n) is 8.06. The summed E-state index contributed by atoms with van der Waals surface area (Å²) in [6.45, 7) is 6.47. The van der Waals surface area contributed by atoms with Gasteiger partial charge in [0, 0.05) is 43.2 Å². The van der Waals surface area contributed by atoms with Crippen molar-refractivity contribution in [1.29, 1.82) is 0 Å². The first-order valence-corrected chi connectivity index (χ1v) is 15.8. The number of benzene rings is 3. The molecule has 45 heavy (non-hydrogen) atoms. The number of para-hydroxylation sites is 1. The Morgan fingerprint density at radius 3 is 2.47 bits per heavy atom. The van der Waals surface area contributed by atoms with Crippen LogP contribution in [-0.4, -0.2) is 91.2 Å². The fraction of sp³-hybridized carbons (Fsp3) is 0.444. The van der Waals surface area contributed by atoms with Gasteiger partial charge in [0.2, 0.25) is 11.8 Å². The number of fused-ring (bicyclic) bond motifs is 1. The number of aliphatic hydroxyl groups excluding tert-OH is 1. The Morgan fingerprint density at radius 2 is 1.78 bits per heavy atom. The van der Waals surface area contributed by atoms with Gasteiger partial charge in [0.25, 0.3) is 0 Å². The molecule has 9 nitrogen and oxygen atoms in total. The molecule has 0 aliphatic carbocycles. The largest absolute Gasteiger partial charge is 0.488 e. The average molecular weight is 617 g/mol. The average Bonchev–Trinajstić information content (AvgIpc) is 3.05. The van der Waals surface area contributed by atoms with Gasteiger partial charge >= 0.3 is 0 Å². The minimum atomic E-state index is -0.323. The highest BCUT2D eigenvalue weighted by Crippen LogP contribution is 2.30. The van der Waals surface area contributed by atoms with Gasteiger partial charge in [0.1, 0.15) is 23.4 Å². The molecule has 0 aromatic heterocycles. The van der Waals surface area contributed by atoms with Gasteiger partial charge in [-0.1, -0.05) is 37.3 Å². The molecule has 0 saturated heterocycles. The Hall–Kier alpha value is -3.92. The summed E-state index contributed by atoms with van der Waals surface area (Å²) < 4.78 is 12.6. The van der Waals surface area contributed by atoms with E-state index in [4.69, 9.17) is 9.47 Å². The highest BCUT2D eigenvalue weighted by atomic mass is 16.5. The lowest BCUT2D eigenvalue weighted by Crippen LogP contribution is -2.47. The van der Waals surface area contributed by atoms with Crippen molar-refractivity contribution in [2.75, 3.05) is 52.7 Å². The Morgan fingerprint density at radius 1 is 1.07 bits per heavy atom. The van der Waals surface area contributed by atoms with Gasteiger partial charge in [-0.05, 0) is 89.1 Å². The minimum absolute atomic E-state index is 0.00549. The van der Waals surface area contributed by atoms with E-state index >= 15 is 0 Å². The van der Waals surface area contributed by atoms with Crippen molar-refractivity contribution in [3.63, 3.8) is 0 Å². The topological polar surface area (TPSA) is 94.6 Å². The van der Waals surface area contributed by atoms with Crippen LogP contribution in [0.15, 0.2) is 72.8 Å². The highest BCUT2D eigenvalue weighted by molar-refractivity contribution is 5.91. The molecule has 0 bridgehead atoms. The molecule has 3 aromatic rings. The van der Waals surface area contributed by atoms with Crippen molar-refractivity contribution in [3.8, 4) is 17.2 Å². The van der Waals surface area contributed by atoms with Crippen molar-refractivity contribution in [2.45, 2.75) is 51.8 Å². The standard InChI is InChI=1S/C36H48N4O5/c1-26-22-40(27(2)25-41)36(43)21-29-20-30(37-35(42)12-9-19-38(3)4)15-18-33(29)45-34(26)24-39(5)23-28-13-16-32(17-14-28)44-31-10-7-6-8-11-31/h6-8,10-11,13-18,20,26-27,34,41H,9,12,19,21-25H2,1-5H3,(H,37,42)/t26-,27+,34+/m1/s1. The number of carbonyl (C=O) groups excluding carboxylic acids is 2. The van der Waals surface area contributed by atoms with Gasteiger partial charge < -0.3 is 29.7 Å². The van der Waals surface area contributed by atoms with Crippen molar-refractivity contribution in [3.05, 3.63) is 83.9 Å². The molecule has 2 amide bonds. The maximum absolute atomic E-state index is 13.5. The van der Waals surface area contributed by atoms with E-state index in [-0.39, 0.29) is 42.9 Å². The summed E-state index contributed by atoms with van der Waals surface area (Å²) in [6, 6.07) is 23.0. The second-order valence-electron chi connectivity index (χ2n) is 12.4. The summed E-state index contributed by atoms with van der Waals surface area (Å²) in [4.78, 5) is 32.1.